The minimum absolute atomic E-state index is 0.233. The Morgan fingerprint density at radius 1 is 0.775 bits per heavy atom. The van der Waals surface area contributed by atoms with Gasteiger partial charge in [0.25, 0.3) is 0 Å². The van der Waals surface area contributed by atoms with Crippen molar-refractivity contribution in [2.45, 2.75) is 24.3 Å². The quantitative estimate of drug-likeness (QED) is 0.238. The van der Waals surface area contributed by atoms with E-state index < -0.39 is 0 Å². The number of hydrogen-bond acceptors (Lipinski definition) is 2. The predicted molar refractivity (Wildman–Crippen MR) is 164 cm³/mol. The average molecular weight is 514 g/mol. The molecule has 0 fully saturated rings. The van der Waals surface area contributed by atoms with E-state index >= 15 is 0 Å². The van der Waals surface area contributed by atoms with Gasteiger partial charge in [-0.05, 0) is 58.1 Å². The maximum atomic E-state index is 4.02. The number of fused-ring (bicyclic) bond motifs is 12. The number of para-hydroxylation sites is 3. The molecule has 4 heterocycles. The molecule has 1 spiro atoms. The molecule has 3 aliphatic heterocycles. The Kier molecular flexibility index (Phi) is 3.72. The summed E-state index contributed by atoms with van der Waals surface area (Å²) in [7, 11) is 0. The van der Waals surface area contributed by atoms with Crippen LogP contribution < -0.4 is 10.2 Å². The van der Waals surface area contributed by atoms with Gasteiger partial charge in [0.2, 0.25) is 0 Å². The monoisotopic (exact) mass is 513 g/mol. The van der Waals surface area contributed by atoms with Crippen LogP contribution in [0, 0.1) is 0 Å². The van der Waals surface area contributed by atoms with Crippen LogP contribution >= 0.6 is 0 Å². The van der Waals surface area contributed by atoms with Gasteiger partial charge in [0.1, 0.15) is 5.54 Å². The second-order valence-electron chi connectivity index (χ2n) is 11.9. The van der Waals surface area contributed by atoms with Gasteiger partial charge < -0.3 is 14.8 Å². The van der Waals surface area contributed by atoms with Crippen LogP contribution in [0.4, 0.5) is 11.4 Å². The zero-order valence-corrected chi connectivity index (χ0v) is 22.2. The number of benzene rings is 5. The number of aromatic nitrogens is 1. The smallest absolute Gasteiger partial charge is 0.112 e. The number of anilines is 2. The Bertz CT molecular complexity index is 2100. The van der Waals surface area contributed by atoms with Crippen molar-refractivity contribution in [3.63, 3.8) is 0 Å². The van der Waals surface area contributed by atoms with E-state index in [1.165, 1.54) is 72.4 Å². The summed E-state index contributed by atoms with van der Waals surface area (Å²) in [5, 5.41) is 8.07. The first-order valence-corrected chi connectivity index (χ1v) is 14.4. The molecule has 190 valence electrons. The fourth-order valence-electron chi connectivity index (χ4n) is 8.58. The topological polar surface area (TPSA) is 20.2 Å². The molecule has 0 saturated heterocycles. The van der Waals surface area contributed by atoms with Crippen LogP contribution in [0.5, 0.6) is 0 Å². The zero-order chi connectivity index (χ0) is 26.2. The summed E-state index contributed by atoms with van der Waals surface area (Å²) in [6, 6.07) is 42.6. The number of hydrogen-bond donors (Lipinski definition) is 1. The van der Waals surface area contributed by atoms with Gasteiger partial charge in [-0.25, -0.2) is 0 Å². The van der Waals surface area contributed by atoms with Crippen LogP contribution in [0.15, 0.2) is 121 Å². The van der Waals surface area contributed by atoms with Crippen LogP contribution in [-0.4, -0.2) is 11.1 Å². The molecule has 1 aromatic heterocycles. The summed E-state index contributed by atoms with van der Waals surface area (Å²) in [5.41, 5.74) is 13.6. The van der Waals surface area contributed by atoms with E-state index in [-0.39, 0.29) is 5.54 Å². The van der Waals surface area contributed by atoms with Gasteiger partial charge >= 0.3 is 0 Å². The minimum Gasteiger partial charge on any atom is -0.370 e. The summed E-state index contributed by atoms with van der Waals surface area (Å²) in [5.74, 6) is 0.671. The lowest BCUT2D eigenvalue weighted by Crippen LogP contribution is -2.49. The van der Waals surface area contributed by atoms with E-state index in [1.54, 1.807) is 0 Å². The Morgan fingerprint density at radius 3 is 2.45 bits per heavy atom. The zero-order valence-electron chi connectivity index (χ0n) is 22.2. The lowest BCUT2D eigenvalue weighted by atomic mass is 9.67. The fraction of sp³-hybridized carbons (Fsp3) is 0.135. The van der Waals surface area contributed by atoms with E-state index in [2.05, 4.69) is 137 Å². The molecule has 3 atom stereocenters. The third kappa shape index (κ3) is 2.27. The van der Waals surface area contributed by atoms with Crippen molar-refractivity contribution in [1.29, 1.82) is 0 Å². The molecule has 3 heteroatoms. The number of nitrogens with one attached hydrogen (secondary N) is 1. The highest BCUT2D eigenvalue weighted by molar-refractivity contribution is 6.13. The first kappa shape index (κ1) is 21.1. The normalized spacial score (nSPS) is 23.2. The lowest BCUT2D eigenvalue weighted by Gasteiger charge is -2.46. The van der Waals surface area contributed by atoms with Gasteiger partial charge in [0, 0.05) is 45.2 Å². The van der Waals surface area contributed by atoms with E-state index in [9.17, 15) is 0 Å². The molecule has 40 heavy (non-hydrogen) atoms. The van der Waals surface area contributed by atoms with Gasteiger partial charge in [-0.15, -0.1) is 0 Å². The summed E-state index contributed by atoms with van der Waals surface area (Å²) in [6.07, 6.45) is 0. The summed E-state index contributed by atoms with van der Waals surface area (Å²) < 4.78 is 2.57. The standard InChI is InChI=1S/C37H27N3/c1-22-31-26-15-7-10-18-29(26)39-21-37(27-16-8-9-17-28(27)38-37)34(35(31)39)36-32(22)33-25-14-6-5-11-23(25)19-20-30(33)40(36)24-12-3-2-4-13-24/h2-20,22,31,38H,21H2,1H3/t22?,31?,37-/m1/s1. The molecule has 1 N–H and O–H groups in total. The highest BCUT2D eigenvalue weighted by Crippen LogP contribution is 2.67. The van der Waals surface area contributed by atoms with Gasteiger partial charge in [0.15, 0.2) is 0 Å². The van der Waals surface area contributed by atoms with Gasteiger partial charge in [0.05, 0.1) is 17.8 Å². The van der Waals surface area contributed by atoms with Crippen molar-refractivity contribution in [3.8, 4) is 5.69 Å². The Hall–Kier alpha value is -4.76. The average Bonchev–Trinajstić information content (AvgIpc) is 3.63. The fourth-order valence-corrected chi connectivity index (χ4v) is 8.58. The van der Waals surface area contributed by atoms with E-state index in [4.69, 9.17) is 0 Å². The minimum atomic E-state index is -0.233. The SMILES string of the molecule is CC1c2c(n(-c3ccccc3)c3ccc4ccccc4c23)C2=C3C1c1ccccc1N3C[C@]21Nc2ccccc21. The molecule has 0 amide bonds. The summed E-state index contributed by atoms with van der Waals surface area (Å²) in [6.45, 7) is 3.39. The van der Waals surface area contributed by atoms with Crippen LogP contribution in [-0.2, 0) is 5.54 Å². The molecular weight excluding hydrogens is 486 g/mol. The van der Waals surface area contributed by atoms with Gasteiger partial charge in [-0.1, -0.05) is 91.9 Å². The Morgan fingerprint density at radius 2 is 1.55 bits per heavy atom. The number of rotatable bonds is 1. The summed E-state index contributed by atoms with van der Waals surface area (Å²) >= 11 is 0. The Labute approximate surface area is 233 Å². The highest BCUT2D eigenvalue weighted by atomic mass is 15.3. The summed E-state index contributed by atoms with van der Waals surface area (Å²) in [4.78, 5) is 2.64. The van der Waals surface area contributed by atoms with E-state index in [0.717, 1.165) is 6.54 Å². The van der Waals surface area contributed by atoms with Crippen molar-refractivity contribution in [1.82, 2.24) is 4.57 Å². The molecule has 5 aromatic carbocycles. The van der Waals surface area contributed by atoms with Crippen LogP contribution in [0.2, 0.25) is 0 Å². The van der Waals surface area contributed by atoms with Crippen molar-refractivity contribution >= 4 is 38.6 Å². The molecule has 10 rings (SSSR count). The molecule has 4 aliphatic rings. The van der Waals surface area contributed by atoms with Crippen molar-refractivity contribution < 1.29 is 0 Å². The first-order chi connectivity index (χ1) is 19.8. The maximum Gasteiger partial charge on any atom is 0.112 e. The second-order valence-corrected chi connectivity index (χ2v) is 11.9. The third-order valence-corrected chi connectivity index (χ3v) is 10.1. The largest absolute Gasteiger partial charge is 0.370 e. The van der Waals surface area contributed by atoms with Crippen LogP contribution in [0.3, 0.4) is 0 Å². The molecule has 3 nitrogen and oxygen atoms in total. The van der Waals surface area contributed by atoms with Crippen molar-refractivity contribution in [2.24, 2.45) is 0 Å². The van der Waals surface area contributed by atoms with Crippen molar-refractivity contribution in [2.75, 3.05) is 16.8 Å². The highest BCUT2D eigenvalue weighted by Gasteiger charge is 2.60. The maximum absolute atomic E-state index is 4.02. The predicted octanol–water partition coefficient (Wildman–Crippen LogP) is 8.55. The third-order valence-electron chi connectivity index (χ3n) is 10.1. The van der Waals surface area contributed by atoms with Crippen LogP contribution in [0.25, 0.3) is 32.9 Å². The molecule has 1 aliphatic carbocycles. The molecule has 6 aromatic rings. The van der Waals surface area contributed by atoms with Gasteiger partial charge in [-0.2, -0.15) is 0 Å². The van der Waals surface area contributed by atoms with Crippen LogP contribution in [0.1, 0.15) is 41.1 Å². The Balaban J connectivity index is 1.41. The van der Waals surface area contributed by atoms with Crippen molar-refractivity contribution in [3.05, 3.63) is 143 Å². The molecule has 0 bridgehead atoms. The molecular formula is C37H27N3. The number of allylic oxidation sites excluding steroid dienone is 1. The first-order valence-electron chi connectivity index (χ1n) is 14.4. The molecule has 0 saturated carbocycles. The lowest BCUT2D eigenvalue weighted by molar-refractivity contribution is 0.614. The second kappa shape index (κ2) is 7.05. The van der Waals surface area contributed by atoms with Gasteiger partial charge in [-0.3, -0.25) is 0 Å². The molecule has 2 unspecified atom stereocenters. The van der Waals surface area contributed by atoms with E-state index in [0.29, 0.717) is 11.8 Å². The number of nitrogens with zero attached hydrogens (tertiary/aromatic N) is 2. The van der Waals surface area contributed by atoms with E-state index in [1.807, 2.05) is 0 Å². The molecule has 0 radical (unpaired) electrons.